The topological polar surface area (TPSA) is 88.2 Å². The molecule has 8 nitrogen and oxygen atoms in total. The number of anilines is 1. The summed E-state index contributed by atoms with van der Waals surface area (Å²) < 4.78 is 39.6. The fraction of sp³-hybridized carbons (Fsp3) is 0.381. The number of nitrogens with zero attached hydrogens (tertiary/aromatic N) is 2. The zero-order valence-electron chi connectivity index (χ0n) is 16.8. The lowest BCUT2D eigenvalue weighted by atomic mass is 10.1. The molecule has 0 radical (unpaired) electrons. The molecule has 1 fully saturated rings. The zero-order valence-corrected chi connectivity index (χ0v) is 17.7. The highest BCUT2D eigenvalue weighted by molar-refractivity contribution is 7.86. The van der Waals surface area contributed by atoms with Crippen LogP contribution in [-0.2, 0) is 21.5 Å². The van der Waals surface area contributed by atoms with Crippen molar-refractivity contribution in [3.63, 3.8) is 0 Å². The van der Waals surface area contributed by atoms with Gasteiger partial charge in [-0.2, -0.15) is 17.0 Å². The largest absolute Gasteiger partial charge is 0.486 e. The van der Waals surface area contributed by atoms with Crippen molar-refractivity contribution < 1.29 is 22.7 Å². The molecule has 1 saturated heterocycles. The van der Waals surface area contributed by atoms with E-state index in [1.54, 1.807) is 18.2 Å². The number of amides is 1. The van der Waals surface area contributed by atoms with Gasteiger partial charge in [0.15, 0.2) is 11.5 Å². The van der Waals surface area contributed by atoms with Crippen molar-refractivity contribution in [2.45, 2.75) is 19.9 Å². The first kappa shape index (κ1) is 20.6. The third kappa shape index (κ3) is 4.58. The number of nitrogens with one attached hydrogen (secondary N) is 1. The summed E-state index contributed by atoms with van der Waals surface area (Å²) in [7, 11) is -3.71. The Hall–Kier alpha value is -2.62. The van der Waals surface area contributed by atoms with Crippen LogP contribution in [0.4, 0.5) is 5.69 Å². The Morgan fingerprint density at radius 3 is 2.47 bits per heavy atom. The fourth-order valence-corrected chi connectivity index (χ4v) is 5.16. The van der Waals surface area contributed by atoms with E-state index in [0.717, 1.165) is 11.1 Å². The van der Waals surface area contributed by atoms with Gasteiger partial charge in [-0.1, -0.05) is 29.8 Å². The molecule has 9 heteroatoms. The molecule has 160 valence electrons. The van der Waals surface area contributed by atoms with E-state index in [9.17, 15) is 13.2 Å². The average Bonchev–Trinajstić information content (AvgIpc) is 2.72. The Morgan fingerprint density at radius 1 is 1.00 bits per heavy atom. The maximum atomic E-state index is 13.0. The maximum Gasteiger partial charge on any atom is 0.282 e. The SMILES string of the molecule is Cc1ccc(CN2CCCN(CC(=O)Nc3ccc4c(c3)OCCO4)S2(=O)=O)cc1. The van der Waals surface area contributed by atoms with Gasteiger partial charge in [0, 0.05) is 31.4 Å². The summed E-state index contributed by atoms with van der Waals surface area (Å²) in [5, 5.41) is 2.75. The summed E-state index contributed by atoms with van der Waals surface area (Å²) >= 11 is 0. The first-order valence-corrected chi connectivity index (χ1v) is 11.3. The number of hydrogen-bond acceptors (Lipinski definition) is 5. The molecule has 0 bridgehead atoms. The normalized spacial score (nSPS) is 18.7. The average molecular weight is 432 g/mol. The Bertz CT molecular complexity index is 1020. The van der Waals surface area contributed by atoms with Crippen molar-refractivity contribution in [1.82, 2.24) is 8.61 Å². The van der Waals surface area contributed by atoms with E-state index in [1.165, 1.54) is 8.61 Å². The monoisotopic (exact) mass is 431 g/mol. The maximum absolute atomic E-state index is 13.0. The van der Waals surface area contributed by atoms with E-state index in [0.29, 0.717) is 56.5 Å². The van der Waals surface area contributed by atoms with E-state index in [4.69, 9.17) is 9.47 Å². The Balaban J connectivity index is 1.40. The van der Waals surface area contributed by atoms with Crippen LogP contribution in [0.2, 0.25) is 0 Å². The second-order valence-electron chi connectivity index (χ2n) is 7.42. The molecule has 1 N–H and O–H groups in total. The van der Waals surface area contributed by atoms with Gasteiger partial charge in [-0.3, -0.25) is 4.79 Å². The number of fused-ring (bicyclic) bond motifs is 1. The van der Waals surface area contributed by atoms with Crippen LogP contribution in [0.15, 0.2) is 42.5 Å². The molecule has 0 atom stereocenters. The van der Waals surface area contributed by atoms with Gasteiger partial charge in [0.25, 0.3) is 10.2 Å². The molecule has 2 aliphatic heterocycles. The summed E-state index contributed by atoms with van der Waals surface area (Å²) in [6.07, 6.45) is 0.669. The van der Waals surface area contributed by atoms with E-state index < -0.39 is 16.1 Å². The lowest BCUT2D eigenvalue weighted by Crippen LogP contribution is -2.51. The lowest BCUT2D eigenvalue weighted by Gasteiger charge is -2.34. The van der Waals surface area contributed by atoms with Crippen molar-refractivity contribution in [1.29, 1.82) is 0 Å². The number of aryl methyl sites for hydroxylation is 1. The molecule has 1 amide bonds. The molecule has 2 aliphatic rings. The van der Waals surface area contributed by atoms with Crippen LogP contribution in [0.3, 0.4) is 0 Å². The minimum Gasteiger partial charge on any atom is -0.486 e. The zero-order chi connectivity index (χ0) is 21.1. The number of ether oxygens (including phenoxy) is 2. The smallest absolute Gasteiger partial charge is 0.282 e. The van der Waals surface area contributed by atoms with E-state index in [2.05, 4.69) is 5.32 Å². The molecule has 4 rings (SSSR count). The van der Waals surface area contributed by atoms with Gasteiger partial charge >= 0.3 is 0 Å². The molecule has 0 unspecified atom stereocenters. The quantitative estimate of drug-likeness (QED) is 0.784. The lowest BCUT2D eigenvalue weighted by molar-refractivity contribution is -0.116. The van der Waals surface area contributed by atoms with Crippen LogP contribution in [-0.4, -0.2) is 55.8 Å². The highest BCUT2D eigenvalue weighted by Gasteiger charge is 2.34. The highest BCUT2D eigenvalue weighted by Crippen LogP contribution is 2.32. The predicted molar refractivity (Wildman–Crippen MR) is 113 cm³/mol. The Kier molecular flexibility index (Phi) is 5.94. The summed E-state index contributed by atoms with van der Waals surface area (Å²) in [5.41, 5.74) is 2.58. The number of rotatable bonds is 5. The molecule has 0 aliphatic carbocycles. The minimum absolute atomic E-state index is 0.235. The van der Waals surface area contributed by atoms with Crippen molar-refractivity contribution >= 4 is 21.8 Å². The third-order valence-corrected chi connectivity index (χ3v) is 7.02. The molecule has 2 aromatic carbocycles. The van der Waals surface area contributed by atoms with Crippen LogP contribution in [0, 0.1) is 6.92 Å². The third-order valence-electron chi connectivity index (χ3n) is 5.09. The molecule has 0 spiro atoms. The summed E-state index contributed by atoms with van der Waals surface area (Å²) in [6, 6.07) is 12.9. The molecule has 2 aromatic rings. The van der Waals surface area contributed by atoms with Gasteiger partial charge in [-0.05, 0) is 31.0 Å². The van der Waals surface area contributed by atoms with Gasteiger partial charge in [-0.15, -0.1) is 0 Å². The van der Waals surface area contributed by atoms with Crippen LogP contribution >= 0.6 is 0 Å². The van der Waals surface area contributed by atoms with Gasteiger partial charge in [-0.25, -0.2) is 0 Å². The summed E-state index contributed by atoms with van der Waals surface area (Å²) in [5.74, 6) is 0.797. The number of hydrogen-bond donors (Lipinski definition) is 1. The first-order chi connectivity index (χ1) is 14.4. The molecular weight excluding hydrogens is 406 g/mol. The van der Waals surface area contributed by atoms with Crippen molar-refractivity contribution in [2.75, 3.05) is 38.2 Å². The number of benzene rings is 2. The second kappa shape index (κ2) is 8.63. The minimum atomic E-state index is -3.71. The van der Waals surface area contributed by atoms with Crippen LogP contribution < -0.4 is 14.8 Å². The van der Waals surface area contributed by atoms with Crippen molar-refractivity contribution in [3.05, 3.63) is 53.6 Å². The van der Waals surface area contributed by atoms with Crippen molar-refractivity contribution in [2.24, 2.45) is 0 Å². The highest BCUT2D eigenvalue weighted by atomic mass is 32.2. The molecular formula is C21H25N3O5S. The van der Waals surface area contributed by atoms with Crippen LogP contribution in [0.25, 0.3) is 0 Å². The summed E-state index contributed by atoms with van der Waals surface area (Å²) in [6.45, 7) is 3.75. The van der Waals surface area contributed by atoms with Gasteiger partial charge in [0.1, 0.15) is 13.2 Å². The Labute approximate surface area is 176 Å². The van der Waals surface area contributed by atoms with Crippen molar-refractivity contribution in [3.8, 4) is 11.5 Å². The van der Waals surface area contributed by atoms with Gasteiger partial charge in [0.05, 0.1) is 6.54 Å². The van der Waals surface area contributed by atoms with Crippen LogP contribution in [0.5, 0.6) is 11.5 Å². The van der Waals surface area contributed by atoms with E-state index in [1.807, 2.05) is 31.2 Å². The Morgan fingerprint density at radius 2 is 1.70 bits per heavy atom. The molecule has 0 aromatic heterocycles. The molecule has 0 saturated carbocycles. The molecule has 30 heavy (non-hydrogen) atoms. The molecule has 2 heterocycles. The summed E-state index contributed by atoms with van der Waals surface area (Å²) in [4.78, 5) is 12.5. The van der Waals surface area contributed by atoms with Gasteiger partial charge < -0.3 is 14.8 Å². The van der Waals surface area contributed by atoms with Crippen LogP contribution in [0.1, 0.15) is 17.5 Å². The van der Waals surface area contributed by atoms with E-state index in [-0.39, 0.29) is 6.54 Å². The number of carbonyl (C=O) groups excluding carboxylic acids is 1. The van der Waals surface area contributed by atoms with E-state index >= 15 is 0 Å². The predicted octanol–water partition coefficient (Wildman–Crippen LogP) is 2.16. The number of carbonyl (C=O) groups is 1. The first-order valence-electron chi connectivity index (χ1n) is 9.92. The van der Waals surface area contributed by atoms with Gasteiger partial charge in [0.2, 0.25) is 5.91 Å². The second-order valence-corrected chi connectivity index (χ2v) is 9.35. The standard InChI is InChI=1S/C21H25N3O5S/c1-16-3-5-17(6-4-16)14-23-9-2-10-24(30(23,26)27)15-21(25)22-18-7-8-19-20(13-18)29-12-11-28-19/h3-8,13H,2,9-12,14-15H2,1H3,(H,22,25). The fourth-order valence-electron chi connectivity index (χ4n) is 3.52.